The van der Waals surface area contributed by atoms with E-state index in [9.17, 15) is 9.18 Å². The Morgan fingerprint density at radius 2 is 2.12 bits per heavy atom. The number of aromatic nitrogens is 3. The Morgan fingerprint density at radius 3 is 2.80 bits per heavy atom. The number of ether oxygens (including phenoxy) is 1. The minimum Gasteiger partial charge on any atom is -0.378 e. The van der Waals surface area contributed by atoms with Crippen LogP contribution in [-0.4, -0.2) is 47.0 Å². The van der Waals surface area contributed by atoms with Gasteiger partial charge in [-0.3, -0.25) is 4.79 Å². The van der Waals surface area contributed by atoms with Gasteiger partial charge in [-0.25, -0.2) is 14.1 Å². The van der Waals surface area contributed by atoms with Gasteiger partial charge in [0, 0.05) is 24.7 Å². The third-order valence-electron chi connectivity index (χ3n) is 4.11. The first-order valence-electron chi connectivity index (χ1n) is 8.35. The molecular formula is C17H22FN5O2. The van der Waals surface area contributed by atoms with E-state index in [0.717, 1.165) is 0 Å². The van der Waals surface area contributed by atoms with Gasteiger partial charge in [-0.15, -0.1) is 0 Å². The lowest BCUT2D eigenvalue weighted by Crippen LogP contribution is -2.36. The van der Waals surface area contributed by atoms with Gasteiger partial charge >= 0.3 is 0 Å². The van der Waals surface area contributed by atoms with Crippen LogP contribution < -0.4 is 10.2 Å². The Hall–Kier alpha value is -2.48. The molecular weight excluding hydrogens is 325 g/mol. The van der Waals surface area contributed by atoms with E-state index in [4.69, 9.17) is 4.74 Å². The molecule has 2 heterocycles. The second-order valence-electron chi connectivity index (χ2n) is 6.16. The molecule has 1 aliphatic heterocycles. The van der Waals surface area contributed by atoms with Crippen LogP contribution in [0.5, 0.6) is 0 Å². The molecule has 0 spiro atoms. The largest absolute Gasteiger partial charge is 0.378 e. The molecule has 134 valence electrons. The van der Waals surface area contributed by atoms with Gasteiger partial charge in [0.15, 0.2) is 0 Å². The van der Waals surface area contributed by atoms with Gasteiger partial charge in [0.05, 0.1) is 25.4 Å². The number of carbonyl (C=O) groups excluding carboxylic acids is 1. The van der Waals surface area contributed by atoms with Crippen LogP contribution >= 0.6 is 0 Å². The summed E-state index contributed by atoms with van der Waals surface area (Å²) in [6, 6.07) is 4.70. The Kier molecular flexibility index (Phi) is 5.28. The average molecular weight is 347 g/mol. The molecule has 0 unspecified atom stereocenters. The first-order chi connectivity index (χ1) is 12.1. The lowest BCUT2D eigenvalue weighted by molar-refractivity contribution is 0.0948. The highest BCUT2D eigenvalue weighted by atomic mass is 19.1. The molecule has 7 nitrogen and oxygen atoms in total. The number of hydrogen-bond donors (Lipinski definition) is 1. The van der Waals surface area contributed by atoms with E-state index in [1.165, 1.54) is 12.4 Å². The summed E-state index contributed by atoms with van der Waals surface area (Å²) >= 11 is 0. The summed E-state index contributed by atoms with van der Waals surface area (Å²) in [5.41, 5.74) is 0.782. The van der Waals surface area contributed by atoms with E-state index in [-0.39, 0.29) is 24.1 Å². The number of morpholine rings is 1. The summed E-state index contributed by atoms with van der Waals surface area (Å²) in [6.07, 6.45) is 1.46. The van der Waals surface area contributed by atoms with E-state index < -0.39 is 5.82 Å². The number of benzene rings is 1. The molecule has 0 atom stereocenters. The van der Waals surface area contributed by atoms with Crippen LogP contribution in [0.3, 0.4) is 0 Å². The average Bonchev–Trinajstić information content (AvgIpc) is 3.09. The maximum Gasteiger partial charge on any atom is 0.251 e. The van der Waals surface area contributed by atoms with Crippen molar-refractivity contribution in [3.05, 3.63) is 41.7 Å². The van der Waals surface area contributed by atoms with Crippen LogP contribution in [0, 0.1) is 5.82 Å². The zero-order chi connectivity index (χ0) is 17.8. The van der Waals surface area contributed by atoms with Gasteiger partial charge < -0.3 is 15.0 Å². The highest BCUT2D eigenvalue weighted by molar-refractivity contribution is 5.94. The maximum atomic E-state index is 14.4. The predicted octanol–water partition coefficient (Wildman–Crippen LogP) is 1.76. The molecule has 1 aliphatic rings. The molecule has 1 aromatic heterocycles. The number of amides is 1. The van der Waals surface area contributed by atoms with Crippen molar-refractivity contribution in [2.45, 2.75) is 26.4 Å². The molecule has 1 aromatic carbocycles. The molecule has 0 aliphatic carbocycles. The predicted molar refractivity (Wildman–Crippen MR) is 91.0 cm³/mol. The molecule has 1 saturated heterocycles. The number of hydrogen-bond acceptors (Lipinski definition) is 5. The molecule has 3 rings (SSSR count). The van der Waals surface area contributed by atoms with E-state index in [2.05, 4.69) is 15.4 Å². The van der Waals surface area contributed by atoms with Crippen molar-refractivity contribution in [3.8, 4) is 0 Å². The lowest BCUT2D eigenvalue weighted by atomic mass is 10.1. The van der Waals surface area contributed by atoms with Gasteiger partial charge in [0.25, 0.3) is 5.91 Å². The SMILES string of the molecule is CC(C)n1ncnc1CNC(=O)c1ccc(N2CCOCC2)c(F)c1. The van der Waals surface area contributed by atoms with Crippen molar-refractivity contribution in [3.63, 3.8) is 0 Å². The van der Waals surface area contributed by atoms with Crippen LogP contribution in [0.15, 0.2) is 24.5 Å². The van der Waals surface area contributed by atoms with Crippen molar-refractivity contribution in [1.29, 1.82) is 0 Å². The molecule has 25 heavy (non-hydrogen) atoms. The van der Waals surface area contributed by atoms with Crippen LogP contribution in [0.25, 0.3) is 0 Å². The van der Waals surface area contributed by atoms with Crippen LogP contribution in [0.2, 0.25) is 0 Å². The van der Waals surface area contributed by atoms with Crippen molar-refractivity contribution in [2.75, 3.05) is 31.2 Å². The molecule has 1 amide bonds. The summed E-state index contributed by atoms with van der Waals surface area (Å²) in [5, 5.41) is 6.88. The number of nitrogens with zero attached hydrogens (tertiary/aromatic N) is 4. The fourth-order valence-electron chi connectivity index (χ4n) is 2.80. The van der Waals surface area contributed by atoms with E-state index in [1.807, 2.05) is 18.7 Å². The van der Waals surface area contributed by atoms with Crippen LogP contribution in [0.4, 0.5) is 10.1 Å². The minimum atomic E-state index is -0.403. The van der Waals surface area contributed by atoms with Gasteiger partial charge in [-0.05, 0) is 32.0 Å². The summed E-state index contributed by atoms with van der Waals surface area (Å²) in [5.74, 6) is -0.0839. The minimum absolute atomic E-state index is 0.152. The first kappa shape index (κ1) is 17.3. The fraction of sp³-hybridized carbons (Fsp3) is 0.471. The second-order valence-corrected chi connectivity index (χ2v) is 6.16. The molecule has 8 heteroatoms. The number of anilines is 1. The van der Waals surface area contributed by atoms with Crippen LogP contribution in [-0.2, 0) is 11.3 Å². The highest BCUT2D eigenvalue weighted by Gasteiger charge is 2.17. The van der Waals surface area contributed by atoms with Crippen molar-refractivity contribution >= 4 is 11.6 Å². The normalized spacial score (nSPS) is 14.8. The van der Waals surface area contributed by atoms with Gasteiger partial charge in [0.2, 0.25) is 0 Å². The van der Waals surface area contributed by atoms with Gasteiger partial charge in [-0.1, -0.05) is 0 Å². The van der Waals surface area contributed by atoms with E-state index in [1.54, 1.807) is 16.8 Å². The third kappa shape index (κ3) is 3.96. The number of nitrogens with one attached hydrogen (secondary N) is 1. The molecule has 2 aromatic rings. The summed E-state index contributed by atoms with van der Waals surface area (Å²) in [7, 11) is 0. The molecule has 1 fully saturated rings. The zero-order valence-electron chi connectivity index (χ0n) is 14.4. The van der Waals surface area contributed by atoms with Crippen molar-refractivity contribution in [1.82, 2.24) is 20.1 Å². The van der Waals surface area contributed by atoms with Crippen LogP contribution in [0.1, 0.15) is 36.1 Å². The number of carbonyl (C=O) groups is 1. The zero-order valence-corrected chi connectivity index (χ0v) is 14.4. The smallest absolute Gasteiger partial charge is 0.251 e. The number of rotatable bonds is 5. The molecule has 0 radical (unpaired) electrons. The molecule has 0 bridgehead atoms. The Bertz CT molecular complexity index is 740. The first-order valence-corrected chi connectivity index (χ1v) is 8.35. The molecule has 0 saturated carbocycles. The van der Waals surface area contributed by atoms with E-state index in [0.29, 0.717) is 37.8 Å². The lowest BCUT2D eigenvalue weighted by Gasteiger charge is -2.29. The van der Waals surface area contributed by atoms with Crippen molar-refractivity contribution < 1.29 is 13.9 Å². The standard InChI is InChI=1S/C17H22FN5O2/c1-12(2)23-16(20-11-21-23)10-19-17(24)13-3-4-15(14(18)9-13)22-5-7-25-8-6-22/h3-4,9,11-12H,5-8,10H2,1-2H3,(H,19,24). The summed E-state index contributed by atoms with van der Waals surface area (Å²) in [4.78, 5) is 18.4. The maximum absolute atomic E-state index is 14.4. The Morgan fingerprint density at radius 1 is 1.36 bits per heavy atom. The fourth-order valence-corrected chi connectivity index (χ4v) is 2.80. The topological polar surface area (TPSA) is 72.3 Å². The monoisotopic (exact) mass is 347 g/mol. The third-order valence-corrected chi connectivity index (χ3v) is 4.11. The molecule has 1 N–H and O–H groups in total. The Labute approximate surface area is 145 Å². The summed E-state index contributed by atoms with van der Waals surface area (Å²) in [6.45, 7) is 6.67. The van der Waals surface area contributed by atoms with Gasteiger partial charge in [0.1, 0.15) is 18.0 Å². The second kappa shape index (κ2) is 7.60. The van der Waals surface area contributed by atoms with Gasteiger partial charge in [-0.2, -0.15) is 5.10 Å². The number of halogens is 1. The van der Waals surface area contributed by atoms with Crippen molar-refractivity contribution in [2.24, 2.45) is 0 Å². The highest BCUT2D eigenvalue weighted by Crippen LogP contribution is 2.21. The Balaban J connectivity index is 1.66. The van der Waals surface area contributed by atoms with E-state index >= 15 is 0 Å². The quantitative estimate of drug-likeness (QED) is 0.892. The summed E-state index contributed by atoms with van der Waals surface area (Å²) < 4.78 is 21.4.